The van der Waals surface area contributed by atoms with E-state index in [1.165, 1.54) is 0 Å². The van der Waals surface area contributed by atoms with Crippen molar-refractivity contribution < 1.29 is 38.8 Å². The molecule has 1 spiro atoms. The highest BCUT2D eigenvalue weighted by Gasteiger charge is 2.52. The fourth-order valence-corrected chi connectivity index (χ4v) is 7.30. The number of morpholine rings is 1. The summed E-state index contributed by atoms with van der Waals surface area (Å²) >= 11 is 0. The molecule has 3 saturated heterocycles. The Labute approximate surface area is 270 Å². The Balaban J connectivity index is 1.19. The Morgan fingerprint density at radius 2 is 2.00 bits per heavy atom. The number of rotatable bonds is 9. The molecule has 0 bridgehead atoms. The number of benzene rings is 1. The van der Waals surface area contributed by atoms with E-state index in [1.54, 1.807) is 4.90 Å². The predicted molar refractivity (Wildman–Crippen MR) is 172 cm³/mol. The molecule has 5 rings (SSSR count). The molecule has 0 radical (unpaired) electrons. The van der Waals surface area contributed by atoms with Gasteiger partial charge in [-0.15, -0.1) is 0 Å². The van der Waals surface area contributed by atoms with Crippen LogP contribution in [0.25, 0.3) is 10.9 Å². The third kappa shape index (κ3) is 7.35. The van der Waals surface area contributed by atoms with Crippen LogP contribution in [0, 0.1) is 12.8 Å². The van der Waals surface area contributed by atoms with Gasteiger partial charge in [0.1, 0.15) is 5.60 Å². The van der Waals surface area contributed by atoms with Gasteiger partial charge >= 0.3 is 12.1 Å². The highest BCUT2D eigenvalue weighted by atomic mass is 16.6. The molecular formula is C34H50N4O8. The van der Waals surface area contributed by atoms with Gasteiger partial charge in [0, 0.05) is 68.2 Å². The normalized spacial score (nSPS) is 28.0. The van der Waals surface area contributed by atoms with Crippen molar-refractivity contribution in [3.8, 4) is 0 Å². The largest absolute Gasteiger partial charge is 0.479 e. The van der Waals surface area contributed by atoms with Crippen LogP contribution in [-0.4, -0.2) is 118 Å². The number of aliphatic hydroxyl groups is 1. The Morgan fingerprint density at radius 3 is 2.74 bits per heavy atom. The Bertz CT molecular complexity index is 1420. The second-order valence-electron chi connectivity index (χ2n) is 14.4. The van der Waals surface area contributed by atoms with E-state index in [0.29, 0.717) is 64.2 Å². The number of carbonyl (C=O) groups excluding carboxylic acids is 2. The first kappa shape index (κ1) is 34.2. The highest BCUT2D eigenvalue weighted by Crippen LogP contribution is 2.40. The van der Waals surface area contributed by atoms with Gasteiger partial charge in [-0.1, -0.05) is 6.92 Å². The summed E-state index contributed by atoms with van der Waals surface area (Å²) in [6.45, 7) is 12.5. The molecule has 3 aliphatic rings. The predicted octanol–water partition coefficient (Wildman–Crippen LogP) is 3.70. The molecule has 12 nitrogen and oxygen atoms in total. The maximum Gasteiger partial charge on any atom is 0.410 e. The van der Waals surface area contributed by atoms with Crippen molar-refractivity contribution in [3.05, 3.63) is 35.5 Å². The maximum absolute atomic E-state index is 12.9. The van der Waals surface area contributed by atoms with Crippen molar-refractivity contribution in [1.82, 2.24) is 20.1 Å². The van der Waals surface area contributed by atoms with E-state index in [4.69, 9.17) is 14.2 Å². The number of carboxylic acids is 1. The fraction of sp³-hybridized carbons (Fsp3) is 0.676. The summed E-state index contributed by atoms with van der Waals surface area (Å²) < 4.78 is 17.9. The fourth-order valence-electron chi connectivity index (χ4n) is 7.30. The number of carbonyl (C=O) groups is 3. The van der Waals surface area contributed by atoms with E-state index in [-0.39, 0.29) is 37.3 Å². The first-order valence-electron chi connectivity index (χ1n) is 16.5. The van der Waals surface area contributed by atoms with Crippen molar-refractivity contribution in [1.29, 1.82) is 0 Å². The van der Waals surface area contributed by atoms with Crippen LogP contribution in [0.4, 0.5) is 4.79 Å². The molecular weight excluding hydrogens is 592 g/mol. The van der Waals surface area contributed by atoms with Crippen LogP contribution in [0.5, 0.6) is 0 Å². The van der Waals surface area contributed by atoms with Crippen molar-refractivity contribution in [2.45, 2.75) is 95.7 Å². The average Bonchev–Trinajstić information content (AvgIpc) is 3.64. The molecule has 2 aromatic rings. The van der Waals surface area contributed by atoms with Gasteiger partial charge in [0.2, 0.25) is 0 Å². The maximum atomic E-state index is 12.9. The van der Waals surface area contributed by atoms with Crippen molar-refractivity contribution in [2.75, 3.05) is 45.9 Å². The molecule has 2 amide bonds. The zero-order valence-electron chi connectivity index (χ0n) is 27.8. The molecule has 3 fully saturated rings. The second kappa shape index (κ2) is 13.5. The van der Waals surface area contributed by atoms with E-state index in [9.17, 15) is 24.6 Å². The van der Waals surface area contributed by atoms with Crippen LogP contribution in [0.1, 0.15) is 75.7 Å². The van der Waals surface area contributed by atoms with Gasteiger partial charge < -0.3 is 39.6 Å². The third-order valence-electron chi connectivity index (χ3n) is 9.89. The summed E-state index contributed by atoms with van der Waals surface area (Å²) in [5, 5.41) is 25.2. The van der Waals surface area contributed by atoms with E-state index in [0.717, 1.165) is 16.5 Å². The number of aliphatic hydroxyl groups excluding tert-OH is 1. The minimum absolute atomic E-state index is 0.0307. The lowest BCUT2D eigenvalue weighted by Gasteiger charge is -2.48. The first-order valence-corrected chi connectivity index (χ1v) is 16.5. The number of aromatic nitrogens is 1. The Hall–Kier alpha value is -3.19. The Kier molecular flexibility index (Phi) is 10.0. The van der Waals surface area contributed by atoms with E-state index in [2.05, 4.69) is 15.2 Å². The molecule has 1 aromatic carbocycles. The van der Waals surface area contributed by atoms with E-state index < -0.39 is 34.9 Å². The van der Waals surface area contributed by atoms with Gasteiger partial charge in [-0.25, -0.2) is 9.59 Å². The number of aromatic amines is 1. The van der Waals surface area contributed by atoms with Gasteiger partial charge in [0.15, 0.2) is 5.60 Å². The number of aliphatic carboxylic acids is 1. The van der Waals surface area contributed by atoms with Gasteiger partial charge in [0.05, 0.1) is 31.0 Å². The second-order valence-corrected chi connectivity index (χ2v) is 14.4. The summed E-state index contributed by atoms with van der Waals surface area (Å²) in [6, 6.07) is 5.54. The summed E-state index contributed by atoms with van der Waals surface area (Å²) in [6.07, 6.45) is 2.57. The number of ether oxygens (including phenoxy) is 3. The molecule has 0 unspecified atom stereocenters. The van der Waals surface area contributed by atoms with Crippen molar-refractivity contribution >= 4 is 28.9 Å². The molecule has 12 heteroatoms. The molecule has 4 N–H and O–H groups in total. The molecule has 0 saturated carbocycles. The number of aryl methyl sites for hydroxylation is 1. The number of amides is 2. The SMILES string of the molecule is Cc1cc(C(=O)NC[C@@H](O)C[C@H]2CC[C@@H](C)[C@](CCN3CCOC[C@@]34CCN(C(=O)OC(C)(C)C)C4)(C(=O)O)O2)cc2cc[nH]c12. The van der Waals surface area contributed by atoms with Gasteiger partial charge in [-0.05, 0) is 76.6 Å². The number of carboxylic acid groups (broad SMARTS) is 1. The highest BCUT2D eigenvalue weighted by molar-refractivity contribution is 5.99. The van der Waals surface area contributed by atoms with E-state index in [1.807, 2.05) is 59.0 Å². The van der Waals surface area contributed by atoms with Gasteiger partial charge in [-0.3, -0.25) is 9.69 Å². The number of hydrogen-bond acceptors (Lipinski definition) is 8. The minimum Gasteiger partial charge on any atom is -0.479 e. The third-order valence-corrected chi connectivity index (χ3v) is 9.89. The summed E-state index contributed by atoms with van der Waals surface area (Å²) in [7, 11) is 0. The topological polar surface area (TPSA) is 154 Å². The summed E-state index contributed by atoms with van der Waals surface area (Å²) in [5.41, 5.74) is 0.0333. The smallest absolute Gasteiger partial charge is 0.410 e. The average molecular weight is 643 g/mol. The standard InChI is InChI=1S/C34H50N4O8/c1-22-16-25(17-24-8-11-35-28(22)24)29(40)36-19-26(39)18-27-7-6-23(2)34(45-27,30(41)42)10-13-38-14-15-44-21-33(38)9-12-37(20-33)31(43)46-32(3,4)5/h8,11,16-17,23,26-27,35,39H,6-7,9-10,12-15,18-21H2,1-5H3,(H,36,40)(H,41,42)/t23-,26+,27-,33+,34-/m1/s1. The number of hydrogen-bond donors (Lipinski definition) is 4. The molecule has 46 heavy (non-hydrogen) atoms. The van der Waals surface area contributed by atoms with Crippen LogP contribution >= 0.6 is 0 Å². The summed E-state index contributed by atoms with van der Waals surface area (Å²) in [5.74, 6) is -1.52. The molecule has 0 aliphatic carbocycles. The zero-order valence-corrected chi connectivity index (χ0v) is 27.8. The van der Waals surface area contributed by atoms with Crippen LogP contribution < -0.4 is 5.32 Å². The molecule has 254 valence electrons. The summed E-state index contributed by atoms with van der Waals surface area (Å²) in [4.78, 5) is 45.7. The molecule has 3 aliphatic heterocycles. The molecule has 5 atom stereocenters. The quantitative estimate of drug-likeness (QED) is 0.321. The lowest BCUT2D eigenvalue weighted by molar-refractivity contribution is -0.204. The number of H-pyrrole nitrogens is 1. The van der Waals surface area contributed by atoms with E-state index >= 15 is 0 Å². The lowest BCUT2D eigenvalue weighted by Crippen LogP contribution is -2.61. The van der Waals surface area contributed by atoms with Crippen LogP contribution in [0.15, 0.2) is 24.4 Å². The van der Waals surface area contributed by atoms with Crippen LogP contribution in [-0.2, 0) is 19.0 Å². The first-order chi connectivity index (χ1) is 21.7. The van der Waals surface area contributed by atoms with Crippen molar-refractivity contribution in [2.24, 2.45) is 5.92 Å². The van der Waals surface area contributed by atoms with Gasteiger partial charge in [-0.2, -0.15) is 0 Å². The molecule has 1 aromatic heterocycles. The van der Waals surface area contributed by atoms with Crippen LogP contribution in [0.2, 0.25) is 0 Å². The van der Waals surface area contributed by atoms with Crippen LogP contribution in [0.3, 0.4) is 0 Å². The Morgan fingerprint density at radius 1 is 1.22 bits per heavy atom. The zero-order chi connectivity index (χ0) is 33.3. The number of likely N-dealkylation sites (tertiary alicyclic amines) is 1. The number of nitrogens with one attached hydrogen (secondary N) is 2. The number of fused-ring (bicyclic) bond motifs is 1. The van der Waals surface area contributed by atoms with Gasteiger partial charge in [0.25, 0.3) is 5.91 Å². The van der Waals surface area contributed by atoms with Crippen molar-refractivity contribution in [3.63, 3.8) is 0 Å². The lowest BCUT2D eigenvalue weighted by atomic mass is 9.78. The molecule has 4 heterocycles. The minimum atomic E-state index is -1.42. The number of nitrogens with zero attached hydrogens (tertiary/aromatic N) is 2. The monoisotopic (exact) mass is 642 g/mol.